The van der Waals surface area contributed by atoms with Gasteiger partial charge in [-0.3, -0.25) is 14.2 Å². The molecule has 130 valence electrons. The first kappa shape index (κ1) is 19.3. The van der Waals surface area contributed by atoms with Crippen LogP contribution in [0.25, 0.3) is 0 Å². The van der Waals surface area contributed by atoms with E-state index in [2.05, 4.69) is 0 Å². The first-order chi connectivity index (χ1) is 10.9. The highest BCUT2D eigenvalue weighted by molar-refractivity contribution is 7.51. The quantitative estimate of drug-likeness (QED) is 0.405. The highest BCUT2D eigenvalue weighted by Gasteiger charge is 2.29. The molecule has 0 atom stereocenters. The van der Waals surface area contributed by atoms with Crippen molar-refractivity contribution in [3.8, 4) is 0 Å². The van der Waals surface area contributed by atoms with E-state index in [1.807, 2.05) is 0 Å². The van der Waals surface area contributed by atoms with E-state index in [4.69, 9.17) is 25.1 Å². The molecule has 0 saturated heterocycles. The van der Waals surface area contributed by atoms with E-state index < -0.39 is 60.9 Å². The zero-order chi connectivity index (χ0) is 18.7. The third-order valence-electron chi connectivity index (χ3n) is 2.70. The molecule has 12 heteroatoms. The fourth-order valence-electron chi connectivity index (χ4n) is 1.78. The Kier molecular flexibility index (Phi) is 5.80. The number of carboxylic acid groups (broad SMARTS) is 3. The van der Waals surface area contributed by atoms with Crippen molar-refractivity contribution in [2.45, 2.75) is 0 Å². The summed E-state index contributed by atoms with van der Waals surface area (Å²) in [4.78, 5) is 63.2. The largest absolute Gasteiger partial charge is 0.480 e. The molecule has 0 spiro atoms. The maximum absolute atomic E-state index is 12.3. The van der Waals surface area contributed by atoms with Gasteiger partial charge in [0.1, 0.15) is 12.8 Å². The first-order valence-corrected chi connectivity index (χ1v) is 7.88. The van der Waals surface area contributed by atoms with Crippen LogP contribution in [0.4, 0.5) is 0 Å². The predicted octanol–water partition coefficient (Wildman–Crippen LogP) is -0.255. The molecular formula is C12H12NO10P. The molecule has 0 fully saturated rings. The van der Waals surface area contributed by atoms with Crippen molar-refractivity contribution in [1.29, 1.82) is 0 Å². The van der Waals surface area contributed by atoms with Gasteiger partial charge < -0.3 is 30.0 Å². The van der Waals surface area contributed by atoms with Crippen LogP contribution in [0.1, 0.15) is 31.1 Å². The number of carbonyl (C=O) groups excluding carboxylic acids is 1. The number of aliphatic carboxylic acids is 1. The third-order valence-corrected chi connectivity index (χ3v) is 3.41. The maximum Gasteiger partial charge on any atom is 0.344 e. The average Bonchev–Trinajstić information content (AvgIpc) is 2.43. The molecule has 0 saturated carbocycles. The molecule has 11 nitrogen and oxygen atoms in total. The molecular weight excluding hydrogens is 349 g/mol. The lowest BCUT2D eigenvalue weighted by molar-refractivity contribution is -0.137. The van der Waals surface area contributed by atoms with Gasteiger partial charge in [-0.05, 0) is 18.2 Å². The standard InChI is InChI=1S/C12H12NO10P/c14-9(15)4-13(5-24(21,22)23)10(16)7-2-1-6(11(17)18)3-8(7)12(19)20/h1-3H,4-5H2,(H,14,15)(H,17,18)(H,19,20)(H2,21,22,23). The van der Waals surface area contributed by atoms with Gasteiger partial charge in [0.15, 0.2) is 0 Å². The van der Waals surface area contributed by atoms with Crippen molar-refractivity contribution in [2.24, 2.45) is 0 Å². The third kappa shape index (κ3) is 5.16. The lowest BCUT2D eigenvalue weighted by Gasteiger charge is -2.22. The van der Waals surface area contributed by atoms with Gasteiger partial charge >= 0.3 is 25.5 Å². The zero-order valence-electron chi connectivity index (χ0n) is 11.8. The highest BCUT2D eigenvalue weighted by atomic mass is 31.2. The van der Waals surface area contributed by atoms with Gasteiger partial charge in [-0.2, -0.15) is 0 Å². The van der Waals surface area contributed by atoms with Crippen LogP contribution in [-0.4, -0.2) is 66.7 Å². The van der Waals surface area contributed by atoms with Crippen molar-refractivity contribution < 1.29 is 48.8 Å². The second-order valence-corrected chi connectivity index (χ2v) is 6.19. The van der Waals surface area contributed by atoms with Gasteiger partial charge in [-0.1, -0.05) is 0 Å². The molecule has 0 aliphatic rings. The number of amides is 1. The van der Waals surface area contributed by atoms with Gasteiger partial charge in [-0.25, -0.2) is 9.59 Å². The number of carboxylic acids is 3. The SMILES string of the molecule is O=C(O)CN(CP(=O)(O)O)C(=O)c1ccc(C(=O)O)cc1C(=O)O. The summed E-state index contributed by atoms with van der Waals surface area (Å²) in [5, 5.41) is 26.6. The molecule has 0 heterocycles. The summed E-state index contributed by atoms with van der Waals surface area (Å²) in [6.07, 6.45) is -1.24. The Hall–Kier alpha value is -2.75. The lowest BCUT2D eigenvalue weighted by atomic mass is 10.0. The molecule has 0 bridgehead atoms. The molecule has 5 N–H and O–H groups in total. The van der Waals surface area contributed by atoms with E-state index in [1.165, 1.54) is 0 Å². The zero-order valence-corrected chi connectivity index (χ0v) is 12.7. The van der Waals surface area contributed by atoms with Crippen LogP contribution in [0.5, 0.6) is 0 Å². The average molecular weight is 361 g/mol. The smallest absolute Gasteiger partial charge is 0.344 e. The van der Waals surface area contributed by atoms with Crippen molar-refractivity contribution in [1.82, 2.24) is 4.90 Å². The Labute approximate surface area is 133 Å². The molecule has 0 aliphatic carbocycles. The summed E-state index contributed by atoms with van der Waals surface area (Å²) in [5.74, 6) is -5.95. The summed E-state index contributed by atoms with van der Waals surface area (Å²) in [6.45, 7) is -1.08. The van der Waals surface area contributed by atoms with E-state index in [0.717, 1.165) is 12.1 Å². The summed E-state index contributed by atoms with van der Waals surface area (Å²) in [5.41, 5.74) is -1.76. The minimum Gasteiger partial charge on any atom is -0.480 e. The fraction of sp³-hybridized carbons (Fsp3) is 0.167. The van der Waals surface area contributed by atoms with E-state index in [1.54, 1.807) is 0 Å². The Morgan fingerprint density at radius 1 is 0.958 bits per heavy atom. The normalized spacial score (nSPS) is 10.9. The molecule has 1 amide bonds. The second-order valence-electron chi connectivity index (χ2n) is 4.57. The summed E-state index contributed by atoms with van der Waals surface area (Å²) in [6, 6.07) is 2.44. The summed E-state index contributed by atoms with van der Waals surface area (Å²) in [7, 11) is -4.82. The predicted molar refractivity (Wildman–Crippen MR) is 75.9 cm³/mol. The van der Waals surface area contributed by atoms with E-state index in [9.17, 15) is 23.7 Å². The van der Waals surface area contributed by atoms with E-state index >= 15 is 0 Å². The van der Waals surface area contributed by atoms with Crippen molar-refractivity contribution in [3.63, 3.8) is 0 Å². The monoisotopic (exact) mass is 361 g/mol. The van der Waals surface area contributed by atoms with Crippen LogP contribution in [0.15, 0.2) is 18.2 Å². The molecule has 1 rings (SSSR count). The molecule has 24 heavy (non-hydrogen) atoms. The van der Waals surface area contributed by atoms with Crippen LogP contribution in [0.2, 0.25) is 0 Å². The van der Waals surface area contributed by atoms with Gasteiger partial charge in [0.2, 0.25) is 0 Å². The molecule has 0 aromatic heterocycles. The number of hydrogen-bond acceptors (Lipinski definition) is 5. The van der Waals surface area contributed by atoms with Gasteiger partial charge in [0.05, 0.1) is 16.7 Å². The fourth-order valence-corrected chi connectivity index (χ4v) is 2.46. The Morgan fingerprint density at radius 3 is 1.96 bits per heavy atom. The van der Waals surface area contributed by atoms with E-state index in [0.29, 0.717) is 6.07 Å². The Morgan fingerprint density at radius 2 is 1.54 bits per heavy atom. The van der Waals surface area contributed by atoms with E-state index in [-0.39, 0.29) is 4.90 Å². The van der Waals surface area contributed by atoms with Gasteiger partial charge in [0, 0.05) is 0 Å². The van der Waals surface area contributed by atoms with Gasteiger partial charge in [0.25, 0.3) is 5.91 Å². The number of benzene rings is 1. The summed E-state index contributed by atoms with van der Waals surface area (Å²) >= 11 is 0. The number of nitrogens with zero attached hydrogens (tertiary/aromatic N) is 1. The Balaban J connectivity index is 3.36. The maximum atomic E-state index is 12.3. The highest BCUT2D eigenvalue weighted by Crippen LogP contribution is 2.35. The van der Waals surface area contributed by atoms with Crippen LogP contribution >= 0.6 is 7.60 Å². The van der Waals surface area contributed by atoms with Gasteiger partial charge in [-0.15, -0.1) is 0 Å². The first-order valence-electron chi connectivity index (χ1n) is 6.08. The van der Waals surface area contributed by atoms with Crippen LogP contribution < -0.4 is 0 Å². The van der Waals surface area contributed by atoms with Crippen LogP contribution in [0.3, 0.4) is 0 Å². The number of rotatable bonds is 7. The number of aromatic carboxylic acids is 2. The number of carbonyl (C=O) groups is 4. The molecule has 0 unspecified atom stereocenters. The Bertz CT molecular complexity index is 752. The molecule has 0 radical (unpaired) electrons. The second kappa shape index (κ2) is 7.21. The lowest BCUT2D eigenvalue weighted by Crippen LogP contribution is -2.37. The summed E-state index contributed by atoms with van der Waals surface area (Å²) < 4.78 is 11.0. The number of hydrogen-bond donors (Lipinski definition) is 5. The van der Waals surface area contributed by atoms with Crippen LogP contribution in [0, 0.1) is 0 Å². The molecule has 0 aliphatic heterocycles. The topological polar surface area (TPSA) is 190 Å². The van der Waals surface area contributed by atoms with Crippen molar-refractivity contribution in [2.75, 3.05) is 12.8 Å². The van der Waals surface area contributed by atoms with Crippen molar-refractivity contribution >= 4 is 31.4 Å². The van der Waals surface area contributed by atoms with Crippen molar-refractivity contribution in [3.05, 3.63) is 34.9 Å². The minimum absolute atomic E-state index is 0.269. The minimum atomic E-state index is -4.82. The molecule has 1 aromatic carbocycles. The van der Waals surface area contributed by atoms with Crippen LogP contribution in [-0.2, 0) is 9.36 Å². The molecule has 1 aromatic rings.